The van der Waals surface area contributed by atoms with Gasteiger partial charge in [0.1, 0.15) is 5.82 Å². The van der Waals surface area contributed by atoms with Gasteiger partial charge in [0.25, 0.3) is 0 Å². The molecule has 16 heavy (non-hydrogen) atoms. The van der Waals surface area contributed by atoms with E-state index in [4.69, 9.17) is 4.74 Å². The van der Waals surface area contributed by atoms with Crippen molar-refractivity contribution in [1.82, 2.24) is 9.55 Å². The largest absolute Gasteiger partial charge is 0.391 e. The van der Waals surface area contributed by atoms with Crippen molar-refractivity contribution in [2.24, 2.45) is 0 Å². The molecule has 0 radical (unpaired) electrons. The molecule has 0 amide bonds. The van der Waals surface area contributed by atoms with E-state index in [1.54, 1.807) is 0 Å². The third-order valence-corrected chi connectivity index (χ3v) is 3.58. The van der Waals surface area contributed by atoms with Gasteiger partial charge in [0.05, 0.1) is 18.8 Å². The number of ether oxygens (including phenoxy) is 1. The van der Waals surface area contributed by atoms with Crippen LogP contribution in [0, 0.1) is 0 Å². The standard InChI is InChI=1S/C12H18N2O2/c15-10-4-3-9-7-13-12(14(9)8-10)6-11-2-1-5-16-11/h7,10-11,15H,1-6,8H2. The van der Waals surface area contributed by atoms with E-state index in [0.717, 1.165) is 38.1 Å². The Kier molecular flexibility index (Phi) is 2.69. The molecule has 0 bridgehead atoms. The topological polar surface area (TPSA) is 47.3 Å². The second-order valence-corrected chi connectivity index (χ2v) is 4.81. The van der Waals surface area contributed by atoms with Crippen LogP contribution in [-0.4, -0.2) is 33.5 Å². The zero-order valence-electron chi connectivity index (χ0n) is 9.43. The maximum absolute atomic E-state index is 9.68. The van der Waals surface area contributed by atoms with Crippen molar-refractivity contribution in [3.63, 3.8) is 0 Å². The molecule has 0 spiro atoms. The Balaban J connectivity index is 1.77. The Morgan fingerprint density at radius 3 is 3.25 bits per heavy atom. The minimum absolute atomic E-state index is 0.204. The zero-order chi connectivity index (χ0) is 11.0. The molecule has 1 fully saturated rings. The lowest BCUT2D eigenvalue weighted by molar-refractivity contribution is 0.104. The lowest BCUT2D eigenvalue weighted by Gasteiger charge is -2.22. The van der Waals surface area contributed by atoms with E-state index >= 15 is 0 Å². The van der Waals surface area contributed by atoms with Gasteiger partial charge in [0.15, 0.2) is 0 Å². The van der Waals surface area contributed by atoms with Crippen LogP contribution in [0.5, 0.6) is 0 Å². The smallest absolute Gasteiger partial charge is 0.111 e. The molecule has 2 aliphatic heterocycles. The summed E-state index contributed by atoms with van der Waals surface area (Å²) >= 11 is 0. The Morgan fingerprint density at radius 1 is 1.50 bits per heavy atom. The molecule has 0 aromatic carbocycles. The van der Waals surface area contributed by atoms with Gasteiger partial charge < -0.3 is 14.4 Å². The summed E-state index contributed by atoms with van der Waals surface area (Å²) in [4.78, 5) is 4.47. The fourth-order valence-electron chi connectivity index (χ4n) is 2.66. The number of aryl methyl sites for hydroxylation is 1. The molecule has 1 N–H and O–H groups in total. The van der Waals surface area contributed by atoms with Gasteiger partial charge in [-0.25, -0.2) is 4.98 Å². The number of hydrogen-bond acceptors (Lipinski definition) is 3. The lowest BCUT2D eigenvalue weighted by Crippen LogP contribution is -2.26. The van der Waals surface area contributed by atoms with Crippen LogP contribution >= 0.6 is 0 Å². The van der Waals surface area contributed by atoms with Crippen LogP contribution in [-0.2, 0) is 24.1 Å². The van der Waals surface area contributed by atoms with Crippen molar-refractivity contribution in [1.29, 1.82) is 0 Å². The summed E-state index contributed by atoms with van der Waals surface area (Å²) in [5.74, 6) is 1.08. The first kappa shape index (κ1) is 10.3. The van der Waals surface area contributed by atoms with E-state index in [1.807, 2.05) is 6.20 Å². The first-order valence-electron chi connectivity index (χ1n) is 6.16. The van der Waals surface area contributed by atoms with Gasteiger partial charge in [-0.15, -0.1) is 0 Å². The highest BCUT2D eigenvalue weighted by Crippen LogP contribution is 2.21. The summed E-state index contributed by atoms with van der Waals surface area (Å²) < 4.78 is 7.80. The number of nitrogens with zero attached hydrogens (tertiary/aromatic N) is 2. The Bertz CT molecular complexity index is 369. The van der Waals surface area contributed by atoms with Crippen molar-refractivity contribution >= 4 is 0 Å². The van der Waals surface area contributed by atoms with E-state index in [0.29, 0.717) is 12.6 Å². The normalized spacial score (nSPS) is 29.3. The zero-order valence-corrected chi connectivity index (χ0v) is 9.43. The predicted molar refractivity (Wildman–Crippen MR) is 59.2 cm³/mol. The molecule has 3 heterocycles. The molecule has 2 aliphatic rings. The van der Waals surface area contributed by atoms with E-state index in [1.165, 1.54) is 12.1 Å². The average molecular weight is 222 g/mol. The van der Waals surface area contributed by atoms with Gasteiger partial charge in [-0.1, -0.05) is 0 Å². The van der Waals surface area contributed by atoms with Crippen molar-refractivity contribution in [2.75, 3.05) is 6.61 Å². The fourth-order valence-corrected chi connectivity index (χ4v) is 2.66. The SMILES string of the molecule is OC1CCc2cnc(CC3CCCO3)n2C1. The van der Waals surface area contributed by atoms with Gasteiger partial charge >= 0.3 is 0 Å². The van der Waals surface area contributed by atoms with Crippen LogP contribution in [0.2, 0.25) is 0 Å². The second-order valence-electron chi connectivity index (χ2n) is 4.81. The lowest BCUT2D eigenvalue weighted by atomic mass is 10.1. The van der Waals surface area contributed by atoms with Crippen LogP contribution in [0.3, 0.4) is 0 Å². The summed E-state index contributed by atoms with van der Waals surface area (Å²) in [5, 5.41) is 9.68. The summed E-state index contributed by atoms with van der Waals surface area (Å²) in [7, 11) is 0. The highest BCUT2D eigenvalue weighted by atomic mass is 16.5. The highest BCUT2D eigenvalue weighted by molar-refractivity contribution is 5.10. The van der Waals surface area contributed by atoms with Gasteiger partial charge in [-0.3, -0.25) is 0 Å². The summed E-state index contributed by atoms with van der Waals surface area (Å²) in [6.07, 6.45) is 7.11. The van der Waals surface area contributed by atoms with E-state index < -0.39 is 0 Å². The molecule has 2 atom stereocenters. The molecule has 1 aromatic rings. The van der Waals surface area contributed by atoms with Gasteiger partial charge in [0.2, 0.25) is 0 Å². The third kappa shape index (κ3) is 1.87. The summed E-state index contributed by atoms with van der Waals surface area (Å²) in [6.45, 7) is 1.60. The first-order chi connectivity index (χ1) is 7.83. The number of aliphatic hydroxyl groups excluding tert-OH is 1. The van der Waals surface area contributed by atoms with E-state index in [-0.39, 0.29) is 6.10 Å². The Hall–Kier alpha value is -0.870. The number of fused-ring (bicyclic) bond motifs is 1. The molecule has 4 nitrogen and oxygen atoms in total. The summed E-state index contributed by atoms with van der Waals surface area (Å²) in [6, 6.07) is 0. The molecule has 1 aromatic heterocycles. The maximum Gasteiger partial charge on any atom is 0.111 e. The number of aromatic nitrogens is 2. The van der Waals surface area contributed by atoms with Crippen LogP contribution in [0.4, 0.5) is 0 Å². The first-order valence-corrected chi connectivity index (χ1v) is 6.16. The van der Waals surface area contributed by atoms with E-state index in [9.17, 15) is 5.11 Å². The Labute approximate surface area is 95.3 Å². The summed E-state index contributed by atoms with van der Waals surface area (Å²) in [5.41, 5.74) is 1.26. The molecule has 0 saturated carbocycles. The molecular weight excluding hydrogens is 204 g/mol. The van der Waals surface area contributed by atoms with Crippen LogP contribution in [0.15, 0.2) is 6.20 Å². The molecule has 0 aliphatic carbocycles. The van der Waals surface area contributed by atoms with Crippen LogP contribution in [0.25, 0.3) is 0 Å². The minimum Gasteiger partial charge on any atom is -0.391 e. The van der Waals surface area contributed by atoms with Crippen molar-refractivity contribution in [3.8, 4) is 0 Å². The minimum atomic E-state index is -0.204. The number of aliphatic hydroxyl groups is 1. The predicted octanol–water partition coefficient (Wildman–Crippen LogP) is 0.912. The Morgan fingerprint density at radius 2 is 2.44 bits per heavy atom. The average Bonchev–Trinajstić information content (AvgIpc) is 2.90. The maximum atomic E-state index is 9.68. The van der Waals surface area contributed by atoms with Crippen molar-refractivity contribution < 1.29 is 9.84 Å². The van der Waals surface area contributed by atoms with Gasteiger partial charge in [0, 0.05) is 24.9 Å². The monoisotopic (exact) mass is 222 g/mol. The molecule has 1 saturated heterocycles. The molecule has 3 rings (SSSR count). The van der Waals surface area contributed by atoms with Crippen LogP contribution < -0.4 is 0 Å². The van der Waals surface area contributed by atoms with Crippen molar-refractivity contribution in [2.45, 2.75) is 50.9 Å². The van der Waals surface area contributed by atoms with Gasteiger partial charge in [-0.05, 0) is 25.7 Å². The molecule has 88 valence electrons. The van der Waals surface area contributed by atoms with Gasteiger partial charge in [-0.2, -0.15) is 0 Å². The van der Waals surface area contributed by atoms with Crippen LogP contribution in [0.1, 0.15) is 30.8 Å². The fraction of sp³-hybridized carbons (Fsp3) is 0.750. The number of hydrogen-bond donors (Lipinski definition) is 1. The molecule has 4 heteroatoms. The molecule has 2 unspecified atom stereocenters. The van der Waals surface area contributed by atoms with E-state index in [2.05, 4.69) is 9.55 Å². The highest BCUT2D eigenvalue weighted by Gasteiger charge is 2.23. The quantitative estimate of drug-likeness (QED) is 0.809. The number of rotatable bonds is 2. The van der Waals surface area contributed by atoms with Crippen molar-refractivity contribution in [3.05, 3.63) is 17.7 Å². The number of imidazole rings is 1. The molecular formula is C12H18N2O2. The second kappa shape index (κ2) is 4.18. The third-order valence-electron chi connectivity index (χ3n) is 3.58.